The fourth-order valence-electron chi connectivity index (χ4n) is 1.08. The van der Waals surface area contributed by atoms with Crippen LogP contribution in [0.1, 0.15) is 0 Å². The van der Waals surface area contributed by atoms with Crippen molar-refractivity contribution < 1.29 is 4.92 Å². The van der Waals surface area contributed by atoms with Crippen LogP contribution in [0, 0.1) is 25.1 Å². The number of hydrogen-bond acceptors (Lipinski definition) is 5. The molecular weight excluding hydrogens is 435 g/mol. The highest BCUT2D eigenvalue weighted by atomic mass is 127. The third-order valence-electron chi connectivity index (χ3n) is 1.81. The summed E-state index contributed by atoms with van der Waals surface area (Å²) in [6.07, 6.45) is 3.45. The fourth-order valence-corrected chi connectivity index (χ4v) is 2.39. The maximum atomic E-state index is 11.0. The number of rotatable bonds is 2. The lowest BCUT2D eigenvalue weighted by atomic mass is 10.3. The van der Waals surface area contributed by atoms with Crippen molar-refractivity contribution in [2.75, 3.05) is 6.26 Å². The fraction of sp³-hybridized carbons (Fsp3) is 0.111. The molecule has 0 aliphatic rings. The minimum absolute atomic E-state index is 0.0868. The second kappa shape index (κ2) is 6.91. The van der Waals surface area contributed by atoms with Crippen LogP contribution in [0.3, 0.4) is 0 Å². The number of nitriles is 1. The molecule has 18 heavy (non-hydrogen) atoms. The first-order valence-corrected chi connectivity index (χ1v) is 7.51. The van der Waals surface area contributed by atoms with E-state index in [0.29, 0.717) is 13.2 Å². The quantitative estimate of drug-likeness (QED) is 0.145. The van der Waals surface area contributed by atoms with Crippen molar-refractivity contribution in [2.45, 2.75) is 0 Å². The average Bonchev–Trinajstić information content (AvgIpc) is 2.32. The molecule has 0 radical (unpaired) electrons. The molecule has 0 bridgehead atoms. The van der Waals surface area contributed by atoms with Gasteiger partial charge >= 0.3 is 5.69 Å². The normalized spacial score (nSPS) is 10.9. The molecule has 9 heteroatoms. The van der Waals surface area contributed by atoms with Gasteiger partial charge in [-0.25, -0.2) is 4.99 Å². The molecule has 1 aromatic rings. The van der Waals surface area contributed by atoms with Gasteiger partial charge in [0.1, 0.15) is 9.26 Å². The van der Waals surface area contributed by atoms with E-state index in [9.17, 15) is 10.1 Å². The highest BCUT2D eigenvalue weighted by Gasteiger charge is 2.20. The predicted octanol–water partition coefficient (Wildman–Crippen LogP) is 3.38. The minimum Gasteiger partial charge on any atom is -0.271 e. The van der Waals surface area contributed by atoms with Crippen LogP contribution in [0.15, 0.2) is 21.6 Å². The van der Waals surface area contributed by atoms with E-state index >= 15 is 0 Å². The van der Waals surface area contributed by atoms with Gasteiger partial charge in [-0.3, -0.25) is 15.4 Å². The Morgan fingerprint density at radius 1 is 1.72 bits per heavy atom. The molecule has 1 rings (SSSR count). The Bertz CT molecular complexity index is 558. The molecule has 0 heterocycles. The number of halogens is 2. The molecule has 1 N–H and O–H groups in total. The Balaban J connectivity index is 3.38. The van der Waals surface area contributed by atoms with Crippen LogP contribution < -0.4 is 5.32 Å². The molecule has 0 aliphatic carbocycles. The largest absolute Gasteiger partial charge is 0.309 e. The topological polar surface area (TPSA) is 91.3 Å². The number of nitro benzene ring substituents is 1. The van der Waals surface area contributed by atoms with Crippen LogP contribution in [0.4, 0.5) is 11.4 Å². The lowest BCUT2D eigenvalue weighted by Gasteiger charge is -2.04. The third kappa shape index (κ3) is 3.56. The molecule has 0 unspecified atom stereocenters. The van der Waals surface area contributed by atoms with Crippen molar-refractivity contribution in [1.29, 1.82) is 5.26 Å². The smallest absolute Gasteiger partial charge is 0.271 e. The standard InChI is InChI=1S/C9H6BrIN4O2S/c1-18-9(13-4-12)14-6-3-2-5(10)7(11)8(6)15(16)17/h2-3H,1H3,(H,13,14). The molecule has 0 saturated carbocycles. The number of aliphatic imine (C=N–C) groups is 1. The Kier molecular flexibility index (Phi) is 5.83. The van der Waals surface area contributed by atoms with Gasteiger partial charge in [0, 0.05) is 4.47 Å². The van der Waals surface area contributed by atoms with E-state index in [1.54, 1.807) is 18.5 Å². The maximum Gasteiger partial charge on any atom is 0.309 e. The number of nitro groups is 1. The van der Waals surface area contributed by atoms with E-state index in [-0.39, 0.29) is 11.4 Å². The van der Waals surface area contributed by atoms with E-state index in [1.165, 1.54) is 17.8 Å². The molecule has 1 aromatic carbocycles. The third-order valence-corrected chi connectivity index (χ3v) is 4.88. The van der Waals surface area contributed by atoms with Crippen LogP contribution in [0.5, 0.6) is 0 Å². The van der Waals surface area contributed by atoms with Gasteiger partial charge in [-0.1, -0.05) is 11.8 Å². The van der Waals surface area contributed by atoms with E-state index in [2.05, 4.69) is 26.2 Å². The summed E-state index contributed by atoms with van der Waals surface area (Å²) in [7, 11) is 0. The van der Waals surface area contributed by atoms with Gasteiger partial charge in [0.05, 0.1) is 4.92 Å². The van der Waals surface area contributed by atoms with Gasteiger partial charge in [-0.2, -0.15) is 5.26 Å². The predicted molar refractivity (Wildman–Crippen MR) is 82.9 cm³/mol. The summed E-state index contributed by atoms with van der Waals surface area (Å²) < 4.78 is 1.10. The second-order valence-corrected chi connectivity index (χ2v) is 5.57. The number of benzene rings is 1. The SMILES string of the molecule is CSC(=Nc1ccc(Br)c(I)c1[N+](=O)[O-])NC#N. The van der Waals surface area contributed by atoms with Gasteiger partial charge in [0.2, 0.25) is 0 Å². The molecule has 0 saturated heterocycles. The van der Waals surface area contributed by atoms with Crippen molar-refractivity contribution in [1.82, 2.24) is 5.32 Å². The van der Waals surface area contributed by atoms with Crippen molar-refractivity contribution in [3.8, 4) is 6.19 Å². The lowest BCUT2D eigenvalue weighted by Crippen LogP contribution is -2.12. The van der Waals surface area contributed by atoms with E-state index in [4.69, 9.17) is 5.26 Å². The number of hydrogen-bond donors (Lipinski definition) is 1. The monoisotopic (exact) mass is 440 g/mol. The van der Waals surface area contributed by atoms with Gasteiger partial charge in [-0.05, 0) is 56.9 Å². The number of nitrogens with zero attached hydrogens (tertiary/aromatic N) is 3. The molecule has 0 amide bonds. The summed E-state index contributed by atoms with van der Waals surface area (Å²) >= 11 is 6.30. The average molecular weight is 441 g/mol. The highest BCUT2D eigenvalue weighted by molar-refractivity contribution is 14.1. The van der Waals surface area contributed by atoms with Crippen molar-refractivity contribution in [3.05, 3.63) is 30.3 Å². The van der Waals surface area contributed by atoms with Crippen LogP contribution in [-0.2, 0) is 0 Å². The summed E-state index contributed by atoms with van der Waals surface area (Å²) in [4.78, 5) is 14.6. The Morgan fingerprint density at radius 3 is 2.89 bits per heavy atom. The van der Waals surface area contributed by atoms with Gasteiger partial charge in [-0.15, -0.1) is 0 Å². The Morgan fingerprint density at radius 2 is 2.39 bits per heavy atom. The number of amidine groups is 1. The summed E-state index contributed by atoms with van der Waals surface area (Å²) in [5, 5.41) is 22.2. The molecule has 0 spiro atoms. The first-order valence-electron chi connectivity index (χ1n) is 4.41. The van der Waals surface area contributed by atoms with Gasteiger partial charge in [0.25, 0.3) is 0 Å². The van der Waals surface area contributed by atoms with Crippen LogP contribution in [0.25, 0.3) is 0 Å². The molecule has 0 atom stereocenters. The zero-order valence-corrected chi connectivity index (χ0v) is 13.5. The molecule has 0 aliphatic heterocycles. The van der Waals surface area contributed by atoms with Crippen LogP contribution in [-0.4, -0.2) is 16.3 Å². The van der Waals surface area contributed by atoms with Crippen molar-refractivity contribution in [3.63, 3.8) is 0 Å². The Hall–Kier alpha value is -0.860. The molecule has 94 valence electrons. The Labute approximate surface area is 129 Å². The summed E-state index contributed by atoms with van der Waals surface area (Å²) in [6, 6.07) is 3.21. The van der Waals surface area contributed by atoms with Gasteiger partial charge < -0.3 is 0 Å². The highest BCUT2D eigenvalue weighted by Crippen LogP contribution is 2.37. The molecule has 0 fully saturated rings. The first-order chi connectivity index (χ1) is 8.51. The van der Waals surface area contributed by atoms with E-state index < -0.39 is 4.92 Å². The molecule has 6 nitrogen and oxygen atoms in total. The lowest BCUT2D eigenvalue weighted by molar-refractivity contribution is -0.385. The van der Waals surface area contributed by atoms with Crippen LogP contribution in [0.2, 0.25) is 0 Å². The minimum atomic E-state index is -0.490. The van der Waals surface area contributed by atoms with E-state index in [1.807, 2.05) is 22.6 Å². The first kappa shape index (κ1) is 15.2. The zero-order chi connectivity index (χ0) is 13.7. The summed E-state index contributed by atoms with van der Waals surface area (Å²) in [5.74, 6) is 0. The zero-order valence-electron chi connectivity index (χ0n) is 8.98. The summed E-state index contributed by atoms with van der Waals surface area (Å²) in [5.41, 5.74) is 0.121. The van der Waals surface area contributed by atoms with Crippen molar-refractivity contribution >= 4 is 66.8 Å². The second-order valence-electron chi connectivity index (χ2n) is 2.84. The maximum absolute atomic E-state index is 11.0. The van der Waals surface area contributed by atoms with E-state index in [0.717, 1.165) is 0 Å². The van der Waals surface area contributed by atoms with Crippen molar-refractivity contribution in [2.24, 2.45) is 4.99 Å². The van der Waals surface area contributed by atoms with Gasteiger partial charge in [0.15, 0.2) is 11.4 Å². The number of thioether (sulfide) groups is 1. The van der Waals surface area contributed by atoms with Crippen LogP contribution >= 0.6 is 50.3 Å². The number of nitrogens with one attached hydrogen (secondary N) is 1. The molecule has 0 aromatic heterocycles. The molecular formula is C9H6BrIN4O2S. The summed E-state index contributed by atoms with van der Waals surface area (Å²) in [6.45, 7) is 0.